The minimum Gasteiger partial charge on any atom is -0.512 e. The zero-order chi connectivity index (χ0) is 6.97. The lowest BCUT2D eigenvalue weighted by atomic mass is 10.0. The first-order valence-corrected chi connectivity index (χ1v) is 3.94. The van der Waals surface area contributed by atoms with Crippen LogP contribution >= 0.6 is 0 Å². The number of hydrogen-bond donors (Lipinski definition) is 1. The van der Waals surface area contributed by atoms with Crippen LogP contribution < -0.4 is 0 Å². The molecule has 1 heteroatoms. The van der Waals surface area contributed by atoms with E-state index in [1.54, 1.807) is 0 Å². The first-order valence-electron chi connectivity index (χ1n) is 3.94. The fraction of sp³-hybridized carbons (Fsp3) is 0.556. The van der Waals surface area contributed by atoms with Crippen LogP contribution in [0.2, 0.25) is 0 Å². The number of allylic oxidation sites excluding steroid dienone is 4. The summed E-state index contributed by atoms with van der Waals surface area (Å²) in [7, 11) is 0. The van der Waals surface area contributed by atoms with Gasteiger partial charge in [0.25, 0.3) is 0 Å². The molecule has 0 amide bonds. The van der Waals surface area contributed by atoms with Crippen LogP contribution in [0.5, 0.6) is 0 Å². The van der Waals surface area contributed by atoms with Gasteiger partial charge in [-0.25, -0.2) is 0 Å². The molecule has 0 spiro atoms. The lowest BCUT2D eigenvalue weighted by Gasteiger charge is -2.06. The Bertz CT molecular complexity index is 187. The summed E-state index contributed by atoms with van der Waals surface area (Å²) in [6.45, 7) is 0. The zero-order valence-electron chi connectivity index (χ0n) is 6.01. The third kappa shape index (κ3) is 0.962. The summed E-state index contributed by atoms with van der Waals surface area (Å²) >= 11 is 0. The molecule has 2 aliphatic rings. The van der Waals surface area contributed by atoms with Gasteiger partial charge < -0.3 is 5.11 Å². The van der Waals surface area contributed by atoms with Gasteiger partial charge in [0.15, 0.2) is 0 Å². The molecule has 0 unspecified atom stereocenters. The van der Waals surface area contributed by atoms with Gasteiger partial charge in [-0.15, -0.1) is 0 Å². The van der Waals surface area contributed by atoms with Crippen molar-refractivity contribution in [3.63, 3.8) is 0 Å². The Hall–Kier alpha value is -0.720. The first-order chi connectivity index (χ1) is 4.88. The van der Waals surface area contributed by atoms with Crippen molar-refractivity contribution < 1.29 is 5.11 Å². The van der Waals surface area contributed by atoms with Crippen LogP contribution in [-0.4, -0.2) is 5.11 Å². The molecule has 0 aromatic heterocycles. The minimum absolute atomic E-state index is 0.442. The number of hydrogen-bond acceptors (Lipinski definition) is 1. The van der Waals surface area contributed by atoms with Crippen molar-refractivity contribution in [2.75, 3.05) is 0 Å². The molecule has 1 N–H and O–H groups in total. The van der Waals surface area contributed by atoms with Gasteiger partial charge in [0.1, 0.15) is 0 Å². The molecule has 0 radical (unpaired) electrons. The SMILES string of the molecule is OC(=C1CC1)C1CC=CC1. The summed E-state index contributed by atoms with van der Waals surface area (Å²) < 4.78 is 0. The van der Waals surface area contributed by atoms with Crippen molar-refractivity contribution in [3.05, 3.63) is 23.5 Å². The van der Waals surface area contributed by atoms with E-state index in [2.05, 4.69) is 12.2 Å². The Morgan fingerprint density at radius 2 is 1.90 bits per heavy atom. The molecule has 1 saturated carbocycles. The van der Waals surface area contributed by atoms with E-state index in [1.807, 2.05) is 0 Å². The molecule has 0 atom stereocenters. The molecule has 1 fully saturated rings. The van der Waals surface area contributed by atoms with E-state index in [0.717, 1.165) is 25.7 Å². The summed E-state index contributed by atoms with van der Waals surface area (Å²) in [4.78, 5) is 0. The van der Waals surface area contributed by atoms with Gasteiger partial charge in [0, 0.05) is 5.92 Å². The predicted molar refractivity (Wildman–Crippen MR) is 40.8 cm³/mol. The average Bonchev–Trinajstić information content (AvgIpc) is 2.65. The Morgan fingerprint density at radius 3 is 2.40 bits per heavy atom. The topological polar surface area (TPSA) is 20.2 Å². The third-order valence-corrected chi connectivity index (χ3v) is 2.26. The van der Waals surface area contributed by atoms with Crippen LogP contribution in [0.1, 0.15) is 25.7 Å². The summed E-state index contributed by atoms with van der Waals surface area (Å²) in [5.74, 6) is 1.14. The lowest BCUT2D eigenvalue weighted by molar-refractivity contribution is 0.333. The van der Waals surface area contributed by atoms with E-state index < -0.39 is 0 Å². The summed E-state index contributed by atoms with van der Waals surface area (Å²) in [6, 6.07) is 0. The fourth-order valence-electron chi connectivity index (χ4n) is 1.45. The van der Waals surface area contributed by atoms with E-state index in [-0.39, 0.29) is 0 Å². The molecule has 10 heavy (non-hydrogen) atoms. The van der Waals surface area contributed by atoms with E-state index in [4.69, 9.17) is 0 Å². The van der Waals surface area contributed by atoms with Crippen molar-refractivity contribution in [1.29, 1.82) is 0 Å². The second kappa shape index (κ2) is 2.15. The zero-order valence-corrected chi connectivity index (χ0v) is 6.01. The smallest absolute Gasteiger partial charge is 0.0951 e. The maximum absolute atomic E-state index is 9.53. The van der Waals surface area contributed by atoms with Crippen LogP contribution in [0, 0.1) is 5.92 Å². The standard InChI is InChI=1S/C9H12O/c10-9(8-5-6-8)7-3-1-2-4-7/h1-2,7,10H,3-6H2. The van der Waals surface area contributed by atoms with E-state index in [0.29, 0.717) is 11.7 Å². The van der Waals surface area contributed by atoms with Gasteiger partial charge in [-0.3, -0.25) is 0 Å². The third-order valence-electron chi connectivity index (χ3n) is 2.26. The van der Waals surface area contributed by atoms with E-state index in [1.165, 1.54) is 5.57 Å². The van der Waals surface area contributed by atoms with Gasteiger partial charge in [0.2, 0.25) is 0 Å². The van der Waals surface area contributed by atoms with Crippen LogP contribution in [-0.2, 0) is 0 Å². The predicted octanol–water partition coefficient (Wildman–Crippen LogP) is 2.56. The van der Waals surface area contributed by atoms with Crippen LogP contribution in [0.25, 0.3) is 0 Å². The molecule has 0 aromatic rings. The van der Waals surface area contributed by atoms with Crippen molar-refractivity contribution >= 4 is 0 Å². The number of rotatable bonds is 1. The quantitative estimate of drug-likeness (QED) is 0.434. The lowest BCUT2D eigenvalue weighted by Crippen LogP contribution is -1.97. The highest BCUT2D eigenvalue weighted by atomic mass is 16.3. The van der Waals surface area contributed by atoms with Crippen molar-refractivity contribution in [2.45, 2.75) is 25.7 Å². The number of aliphatic hydroxyl groups is 1. The molecule has 0 aliphatic heterocycles. The van der Waals surface area contributed by atoms with Crippen LogP contribution in [0.15, 0.2) is 23.5 Å². The van der Waals surface area contributed by atoms with Gasteiger partial charge in [-0.1, -0.05) is 12.2 Å². The van der Waals surface area contributed by atoms with Gasteiger partial charge >= 0.3 is 0 Å². The molecule has 54 valence electrons. The normalized spacial score (nSPS) is 23.8. The molecule has 0 heterocycles. The second-order valence-corrected chi connectivity index (χ2v) is 3.13. The van der Waals surface area contributed by atoms with Crippen molar-refractivity contribution in [2.24, 2.45) is 5.92 Å². The maximum Gasteiger partial charge on any atom is 0.0951 e. The molecule has 0 bridgehead atoms. The summed E-state index contributed by atoms with van der Waals surface area (Å²) in [5.41, 5.74) is 1.30. The molecule has 1 nitrogen and oxygen atoms in total. The highest BCUT2D eigenvalue weighted by Gasteiger charge is 2.23. The highest BCUT2D eigenvalue weighted by molar-refractivity contribution is 5.24. The fourth-order valence-corrected chi connectivity index (χ4v) is 1.45. The van der Waals surface area contributed by atoms with E-state index in [9.17, 15) is 5.11 Å². The van der Waals surface area contributed by atoms with Gasteiger partial charge in [-0.2, -0.15) is 0 Å². The largest absolute Gasteiger partial charge is 0.512 e. The van der Waals surface area contributed by atoms with E-state index >= 15 is 0 Å². The second-order valence-electron chi connectivity index (χ2n) is 3.13. The number of aliphatic hydroxyl groups excluding tert-OH is 1. The molecular weight excluding hydrogens is 124 g/mol. The molecule has 0 aromatic carbocycles. The monoisotopic (exact) mass is 136 g/mol. The van der Waals surface area contributed by atoms with Crippen LogP contribution in [0.4, 0.5) is 0 Å². The Kier molecular flexibility index (Phi) is 1.30. The van der Waals surface area contributed by atoms with Gasteiger partial charge in [0.05, 0.1) is 5.76 Å². The van der Waals surface area contributed by atoms with Crippen LogP contribution in [0.3, 0.4) is 0 Å². The molecule has 2 rings (SSSR count). The molecule has 2 aliphatic carbocycles. The minimum atomic E-state index is 0.442. The maximum atomic E-state index is 9.53. The van der Waals surface area contributed by atoms with Crippen molar-refractivity contribution in [1.82, 2.24) is 0 Å². The Morgan fingerprint density at radius 1 is 1.30 bits per heavy atom. The Balaban J connectivity index is 2.05. The van der Waals surface area contributed by atoms with Gasteiger partial charge in [-0.05, 0) is 31.3 Å². The molecular formula is C9H12O. The van der Waals surface area contributed by atoms with Crippen molar-refractivity contribution in [3.8, 4) is 0 Å². The summed E-state index contributed by atoms with van der Waals surface area (Å²) in [5, 5.41) is 9.53. The average molecular weight is 136 g/mol. The summed E-state index contributed by atoms with van der Waals surface area (Å²) in [6.07, 6.45) is 8.70. The highest BCUT2D eigenvalue weighted by Crippen LogP contribution is 2.37. The first kappa shape index (κ1) is 6.02. The molecule has 0 saturated heterocycles. The Labute approximate surface area is 61.1 Å².